The Labute approximate surface area is 209 Å². The highest BCUT2D eigenvalue weighted by atomic mass is 35.5. The third kappa shape index (κ3) is 6.68. The number of amides is 3. The lowest BCUT2D eigenvalue weighted by Crippen LogP contribution is -2.50. The van der Waals surface area contributed by atoms with Gasteiger partial charge in [-0.15, -0.1) is 0 Å². The topological polar surface area (TPSA) is 81.8 Å². The van der Waals surface area contributed by atoms with Crippen molar-refractivity contribution in [3.05, 3.63) is 101 Å². The Hall–Kier alpha value is -3.68. The van der Waals surface area contributed by atoms with Crippen molar-refractivity contribution in [2.24, 2.45) is 0 Å². The molecule has 0 atom stereocenters. The standard InChI is InChI=1S/C27H27ClN4O3/c28-22-12-10-21(11-13-22)27(35)32-16-14-31(15-17-32)19-25(33)30-24-9-5-4-8-23(24)26(34)29-18-20-6-2-1-3-7-20/h1-13H,14-19H2,(H,29,34)(H,30,33). The molecule has 1 aliphatic heterocycles. The molecule has 0 radical (unpaired) electrons. The highest BCUT2D eigenvalue weighted by Gasteiger charge is 2.23. The summed E-state index contributed by atoms with van der Waals surface area (Å²) in [5, 5.41) is 6.35. The fraction of sp³-hybridized carbons (Fsp3) is 0.222. The molecule has 8 heteroatoms. The molecule has 0 aromatic heterocycles. The van der Waals surface area contributed by atoms with Crippen LogP contribution in [0.2, 0.25) is 5.02 Å². The average Bonchev–Trinajstić information content (AvgIpc) is 2.88. The summed E-state index contributed by atoms with van der Waals surface area (Å²) in [6.07, 6.45) is 0. The van der Waals surface area contributed by atoms with Crippen LogP contribution < -0.4 is 10.6 Å². The Morgan fingerprint density at radius 3 is 2.17 bits per heavy atom. The van der Waals surface area contributed by atoms with E-state index >= 15 is 0 Å². The molecule has 0 aliphatic carbocycles. The summed E-state index contributed by atoms with van der Waals surface area (Å²) in [7, 11) is 0. The van der Waals surface area contributed by atoms with E-state index < -0.39 is 0 Å². The molecule has 3 amide bonds. The molecule has 0 bridgehead atoms. The minimum atomic E-state index is -0.251. The van der Waals surface area contributed by atoms with Crippen molar-refractivity contribution in [1.82, 2.24) is 15.1 Å². The molecular formula is C27H27ClN4O3. The number of nitrogens with zero attached hydrogens (tertiary/aromatic N) is 2. The van der Waals surface area contributed by atoms with Gasteiger partial charge in [0.15, 0.2) is 0 Å². The minimum absolute atomic E-state index is 0.0405. The maximum Gasteiger partial charge on any atom is 0.253 e. The average molecular weight is 491 g/mol. The maximum atomic E-state index is 12.7. The molecule has 3 aromatic carbocycles. The molecule has 1 heterocycles. The number of carbonyl (C=O) groups is 3. The van der Waals surface area contributed by atoms with Crippen molar-refractivity contribution in [2.75, 3.05) is 38.0 Å². The SMILES string of the molecule is O=C(CN1CCN(C(=O)c2ccc(Cl)cc2)CC1)Nc1ccccc1C(=O)NCc1ccccc1. The molecule has 0 saturated carbocycles. The summed E-state index contributed by atoms with van der Waals surface area (Å²) in [5.74, 6) is -0.494. The summed E-state index contributed by atoms with van der Waals surface area (Å²) >= 11 is 5.90. The summed E-state index contributed by atoms with van der Waals surface area (Å²) in [6.45, 7) is 2.84. The number of piperazine rings is 1. The second-order valence-corrected chi connectivity index (χ2v) is 8.77. The third-order valence-electron chi connectivity index (χ3n) is 5.86. The molecule has 1 aliphatic rings. The first kappa shape index (κ1) is 24.4. The van der Waals surface area contributed by atoms with Gasteiger partial charge in [0.05, 0.1) is 17.8 Å². The van der Waals surface area contributed by atoms with Gasteiger partial charge in [-0.25, -0.2) is 0 Å². The molecule has 0 spiro atoms. The fourth-order valence-electron chi connectivity index (χ4n) is 3.94. The highest BCUT2D eigenvalue weighted by Crippen LogP contribution is 2.16. The summed E-state index contributed by atoms with van der Waals surface area (Å²) in [6, 6.07) is 23.5. The molecule has 0 unspecified atom stereocenters. The van der Waals surface area contributed by atoms with Gasteiger partial charge in [-0.05, 0) is 42.0 Å². The van der Waals surface area contributed by atoms with Crippen LogP contribution in [0.25, 0.3) is 0 Å². The van der Waals surface area contributed by atoms with Gasteiger partial charge in [0.25, 0.3) is 11.8 Å². The number of nitrogens with one attached hydrogen (secondary N) is 2. The number of hydrogen-bond donors (Lipinski definition) is 2. The van der Waals surface area contributed by atoms with Gasteiger partial charge in [0, 0.05) is 43.3 Å². The van der Waals surface area contributed by atoms with Crippen molar-refractivity contribution in [3.8, 4) is 0 Å². The predicted molar refractivity (Wildman–Crippen MR) is 136 cm³/mol. The Kier molecular flexibility index (Phi) is 8.13. The number of carbonyl (C=O) groups excluding carboxylic acids is 3. The van der Waals surface area contributed by atoms with E-state index in [9.17, 15) is 14.4 Å². The number of para-hydroxylation sites is 1. The fourth-order valence-corrected chi connectivity index (χ4v) is 4.07. The largest absolute Gasteiger partial charge is 0.348 e. The molecule has 180 valence electrons. The lowest BCUT2D eigenvalue weighted by Gasteiger charge is -2.34. The van der Waals surface area contributed by atoms with Crippen LogP contribution in [0.15, 0.2) is 78.9 Å². The van der Waals surface area contributed by atoms with Crippen LogP contribution in [-0.4, -0.2) is 60.2 Å². The molecule has 2 N–H and O–H groups in total. The number of rotatable bonds is 7. The Morgan fingerprint density at radius 2 is 1.46 bits per heavy atom. The lowest BCUT2D eigenvalue weighted by molar-refractivity contribution is -0.117. The first-order valence-corrected chi connectivity index (χ1v) is 11.9. The monoisotopic (exact) mass is 490 g/mol. The molecule has 1 saturated heterocycles. The van der Waals surface area contributed by atoms with Gasteiger partial charge in [0.1, 0.15) is 0 Å². The lowest BCUT2D eigenvalue weighted by atomic mass is 10.1. The van der Waals surface area contributed by atoms with E-state index in [1.165, 1.54) is 0 Å². The zero-order chi connectivity index (χ0) is 24.6. The van der Waals surface area contributed by atoms with Gasteiger partial charge < -0.3 is 15.5 Å². The number of hydrogen-bond acceptors (Lipinski definition) is 4. The van der Waals surface area contributed by atoms with Gasteiger partial charge in [-0.3, -0.25) is 19.3 Å². The maximum absolute atomic E-state index is 12.7. The van der Waals surface area contributed by atoms with E-state index in [-0.39, 0.29) is 24.3 Å². The first-order valence-electron chi connectivity index (χ1n) is 11.5. The molecule has 1 fully saturated rings. The van der Waals surface area contributed by atoms with Crippen molar-refractivity contribution in [2.45, 2.75) is 6.54 Å². The van der Waals surface area contributed by atoms with Gasteiger partial charge in [-0.2, -0.15) is 0 Å². The van der Waals surface area contributed by atoms with Crippen LogP contribution in [0.1, 0.15) is 26.3 Å². The first-order chi connectivity index (χ1) is 17.0. The van der Waals surface area contributed by atoms with Crippen LogP contribution in [0.4, 0.5) is 5.69 Å². The van der Waals surface area contributed by atoms with Crippen molar-refractivity contribution >= 4 is 35.0 Å². The van der Waals surface area contributed by atoms with Crippen molar-refractivity contribution in [3.63, 3.8) is 0 Å². The molecule has 7 nitrogen and oxygen atoms in total. The summed E-state index contributed by atoms with van der Waals surface area (Å²) in [5.41, 5.74) is 2.48. The van der Waals surface area contributed by atoms with Crippen molar-refractivity contribution in [1.29, 1.82) is 0 Å². The van der Waals surface area contributed by atoms with Crippen LogP contribution in [-0.2, 0) is 11.3 Å². The number of anilines is 1. The zero-order valence-electron chi connectivity index (χ0n) is 19.2. The Bertz CT molecular complexity index is 1180. The van der Waals surface area contributed by atoms with Crippen LogP contribution >= 0.6 is 11.6 Å². The van der Waals surface area contributed by atoms with E-state index in [1.54, 1.807) is 53.4 Å². The summed E-state index contributed by atoms with van der Waals surface area (Å²) < 4.78 is 0. The van der Waals surface area contributed by atoms with E-state index in [4.69, 9.17) is 11.6 Å². The van der Waals surface area contributed by atoms with Crippen LogP contribution in [0, 0.1) is 0 Å². The van der Waals surface area contributed by atoms with Gasteiger partial charge in [0.2, 0.25) is 5.91 Å². The number of benzene rings is 3. The zero-order valence-corrected chi connectivity index (χ0v) is 20.0. The smallest absolute Gasteiger partial charge is 0.253 e. The third-order valence-corrected chi connectivity index (χ3v) is 6.11. The van der Waals surface area contributed by atoms with E-state index in [0.29, 0.717) is 54.6 Å². The molecule has 4 rings (SSSR count). The van der Waals surface area contributed by atoms with E-state index in [2.05, 4.69) is 10.6 Å². The summed E-state index contributed by atoms with van der Waals surface area (Å²) in [4.78, 5) is 41.9. The highest BCUT2D eigenvalue weighted by molar-refractivity contribution is 6.30. The predicted octanol–water partition coefficient (Wildman–Crippen LogP) is 3.67. The van der Waals surface area contributed by atoms with E-state index in [0.717, 1.165) is 5.56 Å². The van der Waals surface area contributed by atoms with Crippen LogP contribution in [0.5, 0.6) is 0 Å². The molecule has 3 aromatic rings. The second-order valence-electron chi connectivity index (χ2n) is 8.34. The Morgan fingerprint density at radius 1 is 0.800 bits per heavy atom. The molecular weight excluding hydrogens is 464 g/mol. The van der Waals surface area contributed by atoms with Gasteiger partial charge in [-0.1, -0.05) is 54.1 Å². The van der Waals surface area contributed by atoms with Crippen LogP contribution in [0.3, 0.4) is 0 Å². The normalized spacial score (nSPS) is 13.8. The quantitative estimate of drug-likeness (QED) is 0.529. The van der Waals surface area contributed by atoms with E-state index in [1.807, 2.05) is 35.2 Å². The second kappa shape index (κ2) is 11.6. The molecule has 35 heavy (non-hydrogen) atoms. The number of halogens is 1. The Balaban J connectivity index is 1.28. The van der Waals surface area contributed by atoms with Gasteiger partial charge >= 0.3 is 0 Å². The minimum Gasteiger partial charge on any atom is -0.348 e. The van der Waals surface area contributed by atoms with Crippen molar-refractivity contribution < 1.29 is 14.4 Å².